The Morgan fingerprint density at radius 3 is 2.39 bits per heavy atom. The maximum Gasteiger partial charge on any atom is 0.232 e. The van der Waals surface area contributed by atoms with Crippen molar-refractivity contribution in [3.63, 3.8) is 0 Å². The number of piperidine rings is 1. The molecule has 2 fully saturated rings. The summed E-state index contributed by atoms with van der Waals surface area (Å²) in [4.78, 5) is 17.1. The van der Waals surface area contributed by atoms with E-state index >= 15 is 0 Å². The summed E-state index contributed by atoms with van der Waals surface area (Å²) in [7, 11) is 0. The largest absolute Gasteiger partial charge is 0.338 e. The van der Waals surface area contributed by atoms with Gasteiger partial charge in [0.2, 0.25) is 5.91 Å². The minimum absolute atomic E-state index is 0.0227. The van der Waals surface area contributed by atoms with Gasteiger partial charge in [-0.2, -0.15) is 0 Å². The lowest BCUT2D eigenvalue weighted by Gasteiger charge is -2.56. The number of carbonyl (C=O) groups is 1. The van der Waals surface area contributed by atoms with E-state index in [1.165, 1.54) is 19.4 Å². The summed E-state index contributed by atoms with van der Waals surface area (Å²) in [6.07, 6.45) is 4.53. The highest BCUT2D eigenvalue weighted by molar-refractivity contribution is 5.89. The molecule has 2 saturated heterocycles. The van der Waals surface area contributed by atoms with Crippen LogP contribution in [0.25, 0.3) is 0 Å². The molecule has 1 amide bonds. The van der Waals surface area contributed by atoms with Crippen LogP contribution >= 0.6 is 0 Å². The number of amides is 1. The van der Waals surface area contributed by atoms with Gasteiger partial charge in [0.25, 0.3) is 0 Å². The predicted molar refractivity (Wildman–Crippen MR) is 74.5 cm³/mol. The molecule has 0 aromatic heterocycles. The lowest BCUT2D eigenvalue weighted by molar-refractivity contribution is -0.171. The minimum Gasteiger partial charge on any atom is -0.338 e. The molecule has 0 saturated carbocycles. The second-order valence-electron chi connectivity index (χ2n) is 6.30. The third-order valence-corrected chi connectivity index (χ3v) is 5.13. The highest BCUT2D eigenvalue weighted by Gasteiger charge is 2.54. The lowest BCUT2D eigenvalue weighted by atomic mass is 9.71. The summed E-state index contributed by atoms with van der Waals surface area (Å²) in [6.45, 7) is 12.0. The van der Waals surface area contributed by atoms with Crippen molar-refractivity contribution in [3.05, 3.63) is 0 Å². The maximum absolute atomic E-state index is 12.5. The maximum atomic E-state index is 12.5. The van der Waals surface area contributed by atoms with Crippen LogP contribution in [0, 0.1) is 5.41 Å². The Kier molecular flexibility index (Phi) is 4.00. The average Bonchev–Trinajstić information content (AvgIpc) is 2.43. The van der Waals surface area contributed by atoms with Crippen LogP contribution in [0.3, 0.4) is 0 Å². The van der Waals surface area contributed by atoms with E-state index in [2.05, 4.69) is 37.5 Å². The summed E-state index contributed by atoms with van der Waals surface area (Å²) in [5.41, 5.74) is -0.0227. The molecule has 2 aliphatic rings. The molecule has 0 aromatic rings. The molecule has 0 bridgehead atoms. The van der Waals surface area contributed by atoms with Crippen molar-refractivity contribution >= 4 is 5.91 Å². The van der Waals surface area contributed by atoms with Gasteiger partial charge in [0.1, 0.15) is 0 Å². The Balaban J connectivity index is 2.00. The van der Waals surface area contributed by atoms with Crippen LogP contribution < -0.4 is 0 Å². The molecule has 3 atom stereocenters. The van der Waals surface area contributed by atoms with Gasteiger partial charge in [-0.05, 0) is 46.1 Å². The van der Waals surface area contributed by atoms with Crippen LogP contribution in [0.15, 0.2) is 0 Å². The number of nitrogens with zero attached hydrogens (tertiary/aromatic N) is 2. The quantitative estimate of drug-likeness (QED) is 0.718. The molecule has 18 heavy (non-hydrogen) atoms. The first kappa shape index (κ1) is 13.9. The molecular formula is C15H28N2O. The number of rotatable bonds is 4. The average molecular weight is 252 g/mol. The first-order chi connectivity index (χ1) is 8.54. The highest BCUT2D eigenvalue weighted by atomic mass is 16.2. The molecule has 0 aliphatic carbocycles. The molecule has 0 N–H and O–H groups in total. The van der Waals surface area contributed by atoms with E-state index in [1.54, 1.807) is 0 Å². The van der Waals surface area contributed by atoms with Crippen LogP contribution in [0.4, 0.5) is 0 Å². The summed E-state index contributed by atoms with van der Waals surface area (Å²) < 4.78 is 0. The minimum atomic E-state index is -0.0227. The van der Waals surface area contributed by atoms with E-state index in [-0.39, 0.29) is 5.41 Å². The van der Waals surface area contributed by atoms with Crippen LogP contribution in [-0.2, 0) is 4.79 Å². The third-order valence-electron chi connectivity index (χ3n) is 5.13. The zero-order valence-electron chi connectivity index (χ0n) is 12.4. The van der Waals surface area contributed by atoms with Gasteiger partial charge in [-0.25, -0.2) is 0 Å². The number of carbonyl (C=O) groups excluding carboxylic acids is 1. The Bertz CT molecular complexity index is 318. The molecule has 0 unspecified atom stereocenters. The van der Waals surface area contributed by atoms with Crippen molar-refractivity contribution in [2.24, 2.45) is 5.41 Å². The van der Waals surface area contributed by atoms with Gasteiger partial charge < -0.3 is 4.90 Å². The van der Waals surface area contributed by atoms with Gasteiger partial charge >= 0.3 is 0 Å². The summed E-state index contributed by atoms with van der Waals surface area (Å²) >= 11 is 0. The molecule has 1 spiro atoms. The lowest BCUT2D eigenvalue weighted by Crippen LogP contribution is -2.69. The first-order valence-corrected chi connectivity index (χ1v) is 7.59. The molecule has 104 valence electrons. The van der Waals surface area contributed by atoms with Crippen molar-refractivity contribution in [1.29, 1.82) is 0 Å². The van der Waals surface area contributed by atoms with E-state index in [0.29, 0.717) is 18.0 Å². The van der Waals surface area contributed by atoms with Crippen molar-refractivity contribution < 1.29 is 4.79 Å². The zero-order valence-corrected chi connectivity index (χ0v) is 12.4. The van der Waals surface area contributed by atoms with Crippen molar-refractivity contribution in [2.75, 3.05) is 19.6 Å². The molecule has 0 aromatic carbocycles. The van der Waals surface area contributed by atoms with Gasteiger partial charge in [0.05, 0.1) is 5.41 Å². The molecule has 3 nitrogen and oxygen atoms in total. The smallest absolute Gasteiger partial charge is 0.232 e. The zero-order chi connectivity index (χ0) is 13.3. The van der Waals surface area contributed by atoms with Crippen LogP contribution in [-0.4, -0.2) is 47.4 Å². The number of hydrogen-bond acceptors (Lipinski definition) is 2. The van der Waals surface area contributed by atoms with Crippen molar-refractivity contribution in [2.45, 2.75) is 65.5 Å². The van der Waals surface area contributed by atoms with Crippen molar-refractivity contribution in [3.8, 4) is 0 Å². The molecule has 2 aliphatic heterocycles. The molecule has 2 rings (SSSR count). The second-order valence-corrected chi connectivity index (χ2v) is 6.30. The van der Waals surface area contributed by atoms with Crippen LogP contribution in [0.5, 0.6) is 0 Å². The van der Waals surface area contributed by atoms with Crippen LogP contribution in [0.2, 0.25) is 0 Å². The normalized spacial score (nSPS) is 32.4. The Hall–Kier alpha value is -0.570. The Labute approximate surface area is 112 Å². The topological polar surface area (TPSA) is 23.6 Å². The van der Waals surface area contributed by atoms with Gasteiger partial charge in [-0.15, -0.1) is 0 Å². The van der Waals surface area contributed by atoms with Gasteiger partial charge in [0, 0.05) is 25.2 Å². The van der Waals surface area contributed by atoms with E-state index in [4.69, 9.17) is 0 Å². The van der Waals surface area contributed by atoms with Crippen molar-refractivity contribution in [1.82, 2.24) is 9.80 Å². The first-order valence-electron chi connectivity index (χ1n) is 7.59. The summed E-state index contributed by atoms with van der Waals surface area (Å²) in [6, 6.07) is 1.04. The SMILES string of the molecule is CC[C@@H](C)N1C[C@]2(CCCN([C@@H](C)CC)C2)C1=O. The molecule has 3 heteroatoms. The molecule has 0 radical (unpaired) electrons. The standard InChI is InChI=1S/C15H28N2O/c1-5-12(3)16-9-7-8-15(10-16)11-17(14(15)18)13(4)6-2/h12-13H,5-11H2,1-4H3/t12-,13+,15+/m0/s1. The number of hydrogen-bond donors (Lipinski definition) is 0. The van der Waals surface area contributed by atoms with E-state index < -0.39 is 0 Å². The van der Waals surface area contributed by atoms with Crippen LogP contribution in [0.1, 0.15) is 53.4 Å². The number of β-lactam (4-membered cyclic amide) rings is 1. The van der Waals surface area contributed by atoms with E-state index in [0.717, 1.165) is 25.9 Å². The Morgan fingerprint density at radius 2 is 1.83 bits per heavy atom. The van der Waals surface area contributed by atoms with Gasteiger partial charge in [0.15, 0.2) is 0 Å². The predicted octanol–water partition coefficient (Wildman–Crippen LogP) is 2.51. The summed E-state index contributed by atoms with van der Waals surface area (Å²) in [5.74, 6) is 0.421. The molecule has 2 heterocycles. The van der Waals surface area contributed by atoms with Gasteiger partial charge in [-0.3, -0.25) is 9.69 Å². The van der Waals surface area contributed by atoms with Gasteiger partial charge in [-0.1, -0.05) is 13.8 Å². The fourth-order valence-corrected chi connectivity index (χ4v) is 3.36. The summed E-state index contributed by atoms with van der Waals surface area (Å²) in [5, 5.41) is 0. The number of likely N-dealkylation sites (tertiary alicyclic amines) is 2. The Morgan fingerprint density at radius 1 is 1.17 bits per heavy atom. The third kappa shape index (κ3) is 2.18. The fraction of sp³-hybridized carbons (Fsp3) is 0.933. The van der Waals surface area contributed by atoms with E-state index in [9.17, 15) is 4.79 Å². The molecular weight excluding hydrogens is 224 g/mol. The second kappa shape index (κ2) is 5.20. The van der Waals surface area contributed by atoms with E-state index in [1.807, 2.05) is 0 Å². The monoisotopic (exact) mass is 252 g/mol. The fourth-order valence-electron chi connectivity index (χ4n) is 3.36. The highest BCUT2D eigenvalue weighted by Crippen LogP contribution is 2.42.